The Labute approximate surface area is 181 Å². The Balaban J connectivity index is 2.02. The third-order valence-corrected chi connectivity index (χ3v) is 6.13. The van der Waals surface area contributed by atoms with Crippen LogP contribution in [-0.4, -0.2) is 44.8 Å². The van der Waals surface area contributed by atoms with Crippen LogP contribution in [0.15, 0.2) is 47.4 Å². The summed E-state index contributed by atoms with van der Waals surface area (Å²) in [7, 11) is -4.33. The van der Waals surface area contributed by atoms with Crippen LogP contribution < -0.4 is 15.4 Å². The van der Waals surface area contributed by atoms with Crippen molar-refractivity contribution in [3.05, 3.63) is 59.9 Å². The highest BCUT2D eigenvalue weighted by Crippen LogP contribution is 2.15. The Bertz CT molecular complexity index is 1050. The van der Waals surface area contributed by atoms with Crippen molar-refractivity contribution in [2.24, 2.45) is 0 Å². The highest BCUT2D eigenvalue weighted by atomic mass is 32.2. The van der Waals surface area contributed by atoms with Crippen LogP contribution in [0.5, 0.6) is 0 Å². The monoisotopic (exact) mass is 475 g/mol. The van der Waals surface area contributed by atoms with E-state index in [0.717, 1.165) is 30.3 Å². The molecule has 7 nitrogen and oxygen atoms in total. The second-order valence-corrected chi connectivity index (χ2v) is 8.95. The molecule has 2 aromatic rings. The molecule has 168 valence electrons. The number of amides is 2. The maximum atomic E-state index is 13.9. The Hall–Kier alpha value is -2.57. The normalized spacial score (nSPS) is 12.3. The molecule has 0 fully saturated rings. The van der Waals surface area contributed by atoms with Gasteiger partial charge in [0, 0.05) is 11.8 Å². The Morgan fingerprint density at radius 3 is 2.39 bits per heavy atom. The summed E-state index contributed by atoms with van der Waals surface area (Å²) >= 11 is 1.37. The van der Waals surface area contributed by atoms with Crippen LogP contribution in [0.1, 0.15) is 6.42 Å². The first-order chi connectivity index (χ1) is 14.6. The number of thioether (sulfide) groups is 1. The van der Waals surface area contributed by atoms with Gasteiger partial charge in [0.1, 0.15) is 16.8 Å². The summed E-state index contributed by atoms with van der Waals surface area (Å²) in [4.78, 5) is 23.8. The smallest absolute Gasteiger partial charge is 0.244 e. The van der Waals surface area contributed by atoms with E-state index in [-0.39, 0.29) is 12.1 Å². The number of benzene rings is 2. The summed E-state index contributed by atoms with van der Waals surface area (Å²) in [5, 5.41) is 4.55. The number of hydrogen-bond donors (Lipinski definition) is 3. The lowest BCUT2D eigenvalue weighted by Crippen LogP contribution is -2.48. The minimum absolute atomic E-state index is 0.0164. The summed E-state index contributed by atoms with van der Waals surface area (Å²) in [5.41, 5.74) is -0.0164. The molecule has 0 unspecified atom stereocenters. The van der Waals surface area contributed by atoms with Crippen LogP contribution >= 0.6 is 11.8 Å². The molecule has 0 saturated heterocycles. The molecule has 0 spiro atoms. The summed E-state index contributed by atoms with van der Waals surface area (Å²) < 4.78 is 67.1. The molecule has 31 heavy (non-hydrogen) atoms. The highest BCUT2D eigenvalue weighted by molar-refractivity contribution is 7.98. The molecule has 0 bridgehead atoms. The summed E-state index contributed by atoms with van der Waals surface area (Å²) in [6.45, 7) is -0.547. The van der Waals surface area contributed by atoms with Crippen molar-refractivity contribution in [2.45, 2.75) is 17.4 Å². The van der Waals surface area contributed by atoms with E-state index in [1.54, 1.807) is 6.26 Å². The van der Waals surface area contributed by atoms with Crippen LogP contribution in [0.25, 0.3) is 0 Å². The number of halogens is 3. The SMILES string of the molecule is CSCC[C@H](NS(=O)(=O)c1ccccc1F)C(=O)NCC(=O)Nc1ccc(F)c(F)c1. The van der Waals surface area contributed by atoms with Gasteiger partial charge in [-0.25, -0.2) is 21.6 Å². The van der Waals surface area contributed by atoms with Gasteiger partial charge in [0.05, 0.1) is 6.54 Å². The second kappa shape index (κ2) is 11.2. The van der Waals surface area contributed by atoms with Crippen molar-refractivity contribution >= 4 is 39.3 Å². The zero-order chi connectivity index (χ0) is 23.0. The van der Waals surface area contributed by atoms with E-state index < -0.39 is 56.8 Å². The van der Waals surface area contributed by atoms with Gasteiger partial charge in [0.2, 0.25) is 21.8 Å². The molecule has 0 aliphatic heterocycles. The largest absolute Gasteiger partial charge is 0.346 e. The van der Waals surface area contributed by atoms with Crippen molar-refractivity contribution in [1.82, 2.24) is 10.0 Å². The number of carbonyl (C=O) groups excluding carboxylic acids is 2. The molecule has 2 amide bonds. The highest BCUT2D eigenvalue weighted by Gasteiger charge is 2.27. The first-order valence-corrected chi connectivity index (χ1v) is 11.8. The van der Waals surface area contributed by atoms with Gasteiger partial charge >= 0.3 is 0 Å². The maximum absolute atomic E-state index is 13.9. The zero-order valence-electron chi connectivity index (χ0n) is 16.3. The number of sulfonamides is 1. The van der Waals surface area contributed by atoms with E-state index in [0.29, 0.717) is 5.75 Å². The van der Waals surface area contributed by atoms with Crippen LogP contribution in [0.2, 0.25) is 0 Å². The minimum atomic E-state index is -4.33. The number of anilines is 1. The topological polar surface area (TPSA) is 104 Å². The van der Waals surface area contributed by atoms with Crippen molar-refractivity contribution < 1.29 is 31.2 Å². The Morgan fingerprint density at radius 2 is 1.74 bits per heavy atom. The first kappa shape index (κ1) is 24.7. The molecule has 0 saturated carbocycles. The number of nitrogens with one attached hydrogen (secondary N) is 3. The minimum Gasteiger partial charge on any atom is -0.346 e. The zero-order valence-corrected chi connectivity index (χ0v) is 18.0. The summed E-state index contributed by atoms with van der Waals surface area (Å²) in [5.74, 6) is -4.32. The third kappa shape index (κ3) is 7.26. The summed E-state index contributed by atoms with van der Waals surface area (Å²) in [6, 6.07) is 6.22. The van der Waals surface area contributed by atoms with Crippen molar-refractivity contribution in [3.63, 3.8) is 0 Å². The van der Waals surface area contributed by atoms with E-state index >= 15 is 0 Å². The Kier molecular flexibility index (Phi) is 8.89. The molecule has 2 rings (SSSR count). The number of rotatable bonds is 10. The predicted octanol–water partition coefficient (Wildman–Crippen LogP) is 2.26. The van der Waals surface area contributed by atoms with Gasteiger partial charge < -0.3 is 10.6 Å². The van der Waals surface area contributed by atoms with Crippen LogP contribution in [0.3, 0.4) is 0 Å². The van der Waals surface area contributed by atoms with E-state index in [2.05, 4.69) is 15.4 Å². The molecule has 2 aromatic carbocycles. The Morgan fingerprint density at radius 1 is 1.03 bits per heavy atom. The number of hydrogen-bond acceptors (Lipinski definition) is 5. The quantitative estimate of drug-likeness (QED) is 0.489. The van der Waals surface area contributed by atoms with Crippen LogP contribution in [-0.2, 0) is 19.6 Å². The van der Waals surface area contributed by atoms with E-state index in [1.807, 2.05) is 0 Å². The molecule has 1 atom stereocenters. The van der Waals surface area contributed by atoms with Gasteiger partial charge in [-0.05, 0) is 42.7 Å². The van der Waals surface area contributed by atoms with Gasteiger partial charge in [0.15, 0.2) is 11.6 Å². The summed E-state index contributed by atoms with van der Waals surface area (Å²) in [6.07, 6.45) is 1.85. The fraction of sp³-hybridized carbons (Fsp3) is 0.263. The van der Waals surface area contributed by atoms with E-state index in [1.165, 1.54) is 23.9 Å². The van der Waals surface area contributed by atoms with Crippen molar-refractivity contribution in [3.8, 4) is 0 Å². The lowest BCUT2D eigenvalue weighted by Gasteiger charge is -2.18. The van der Waals surface area contributed by atoms with Gasteiger partial charge in [0.25, 0.3) is 0 Å². The lowest BCUT2D eigenvalue weighted by molar-refractivity contribution is -0.125. The van der Waals surface area contributed by atoms with E-state index in [4.69, 9.17) is 0 Å². The molecule has 0 aromatic heterocycles. The fourth-order valence-corrected chi connectivity index (χ4v) is 4.24. The fourth-order valence-electron chi connectivity index (χ4n) is 2.46. The predicted molar refractivity (Wildman–Crippen MR) is 112 cm³/mol. The van der Waals surface area contributed by atoms with Gasteiger partial charge in [-0.3, -0.25) is 9.59 Å². The molecule has 0 aliphatic rings. The molecular weight excluding hydrogens is 455 g/mol. The molecule has 3 N–H and O–H groups in total. The lowest BCUT2D eigenvalue weighted by atomic mass is 10.2. The van der Waals surface area contributed by atoms with E-state index in [9.17, 15) is 31.2 Å². The maximum Gasteiger partial charge on any atom is 0.244 e. The van der Waals surface area contributed by atoms with Gasteiger partial charge in [-0.1, -0.05) is 12.1 Å². The molecule has 0 heterocycles. The molecule has 0 aliphatic carbocycles. The second-order valence-electron chi connectivity index (χ2n) is 6.28. The van der Waals surface area contributed by atoms with Crippen molar-refractivity contribution in [2.75, 3.05) is 23.9 Å². The van der Waals surface area contributed by atoms with Gasteiger partial charge in [-0.15, -0.1) is 0 Å². The van der Waals surface area contributed by atoms with Crippen molar-refractivity contribution in [1.29, 1.82) is 0 Å². The van der Waals surface area contributed by atoms with Gasteiger partial charge in [-0.2, -0.15) is 16.5 Å². The third-order valence-electron chi connectivity index (χ3n) is 3.98. The van der Waals surface area contributed by atoms with Crippen LogP contribution in [0, 0.1) is 17.5 Å². The molecular formula is C19H20F3N3O4S2. The van der Waals surface area contributed by atoms with Crippen LogP contribution in [0.4, 0.5) is 18.9 Å². The first-order valence-electron chi connectivity index (χ1n) is 8.92. The average molecular weight is 476 g/mol. The molecule has 0 radical (unpaired) electrons. The molecule has 12 heteroatoms. The standard InChI is InChI=1S/C19H20F3N3O4S2/c1-30-9-8-16(25-31(28,29)17-5-3-2-4-14(17)21)19(27)23-11-18(26)24-12-6-7-13(20)15(22)10-12/h2-7,10,16,25H,8-9,11H2,1H3,(H,23,27)(H,24,26)/t16-/m0/s1. The number of carbonyl (C=O) groups is 2. The average Bonchev–Trinajstić information content (AvgIpc) is 2.72.